The number of rotatable bonds is 2. The molecule has 0 fully saturated rings. The Morgan fingerprint density at radius 3 is 2.73 bits per heavy atom. The highest BCUT2D eigenvalue weighted by Crippen LogP contribution is 2.18. The number of para-hydroxylation sites is 1. The van der Waals surface area contributed by atoms with E-state index in [1.807, 2.05) is 0 Å². The maximum absolute atomic E-state index is 11.3. The van der Waals surface area contributed by atoms with Crippen LogP contribution in [0.25, 0.3) is 10.9 Å². The molecule has 6 heteroatoms. The van der Waals surface area contributed by atoms with Crippen molar-refractivity contribution in [1.29, 1.82) is 0 Å². The first kappa shape index (κ1) is 9.85. The zero-order chi connectivity index (χ0) is 11.0. The zero-order valence-corrected chi connectivity index (χ0v) is 8.69. The van der Waals surface area contributed by atoms with E-state index in [9.17, 15) is 9.00 Å². The molecule has 1 unspecified atom stereocenters. The van der Waals surface area contributed by atoms with Gasteiger partial charge in [-0.05, 0) is 6.07 Å². The van der Waals surface area contributed by atoms with Gasteiger partial charge in [-0.15, -0.1) is 0 Å². The van der Waals surface area contributed by atoms with E-state index in [0.717, 1.165) is 0 Å². The molecule has 1 aromatic heterocycles. The van der Waals surface area contributed by atoms with Crippen LogP contribution in [0.3, 0.4) is 0 Å². The van der Waals surface area contributed by atoms with Gasteiger partial charge in [-0.1, -0.05) is 18.2 Å². The SMILES string of the molecule is CS(=O)n1nc(C(=O)O)c2ccccc21. The van der Waals surface area contributed by atoms with Gasteiger partial charge in [0.2, 0.25) is 0 Å². The molecule has 0 amide bonds. The monoisotopic (exact) mass is 224 g/mol. The highest BCUT2D eigenvalue weighted by molar-refractivity contribution is 7.82. The summed E-state index contributed by atoms with van der Waals surface area (Å²) in [5.41, 5.74) is 0.497. The minimum atomic E-state index is -1.36. The van der Waals surface area contributed by atoms with Crippen molar-refractivity contribution in [2.24, 2.45) is 0 Å². The van der Waals surface area contributed by atoms with Crippen molar-refractivity contribution in [3.8, 4) is 0 Å². The maximum Gasteiger partial charge on any atom is 0.357 e. The first-order valence-electron chi connectivity index (χ1n) is 4.16. The molecule has 0 saturated carbocycles. The highest BCUT2D eigenvalue weighted by atomic mass is 32.2. The second-order valence-electron chi connectivity index (χ2n) is 2.97. The zero-order valence-electron chi connectivity index (χ0n) is 7.88. The number of carboxylic acids is 1. The van der Waals surface area contributed by atoms with Gasteiger partial charge in [-0.3, -0.25) is 0 Å². The van der Waals surface area contributed by atoms with Gasteiger partial charge in [0, 0.05) is 11.6 Å². The van der Waals surface area contributed by atoms with Gasteiger partial charge in [0.1, 0.15) is 11.0 Å². The number of carboxylic acid groups (broad SMARTS) is 1. The summed E-state index contributed by atoms with van der Waals surface area (Å²) in [6, 6.07) is 6.81. The number of hydrogen-bond acceptors (Lipinski definition) is 3. The van der Waals surface area contributed by atoms with E-state index in [-0.39, 0.29) is 5.69 Å². The number of benzene rings is 1. The van der Waals surface area contributed by atoms with Crippen LogP contribution < -0.4 is 0 Å². The molecule has 2 aromatic rings. The topological polar surface area (TPSA) is 72.2 Å². The van der Waals surface area contributed by atoms with E-state index in [2.05, 4.69) is 5.10 Å². The fraction of sp³-hybridized carbons (Fsp3) is 0.111. The first-order valence-corrected chi connectivity index (χ1v) is 5.67. The number of aromatic carboxylic acids is 1. The molecule has 15 heavy (non-hydrogen) atoms. The largest absolute Gasteiger partial charge is 0.476 e. The Morgan fingerprint density at radius 2 is 2.13 bits per heavy atom. The van der Waals surface area contributed by atoms with Crippen molar-refractivity contribution in [1.82, 2.24) is 9.19 Å². The summed E-state index contributed by atoms with van der Waals surface area (Å²) in [7, 11) is -1.36. The Morgan fingerprint density at radius 1 is 1.47 bits per heavy atom. The molecule has 5 nitrogen and oxygen atoms in total. The molecule has 2 rings (SSSR count). The van der Waals surface area contributed by atoms with Crippen LogP contribution in [0.4, 0.5) is 0 Å². The van der Waals surface area contributed by atoms with Crippen LogP contribution in [0.15, 0.2) is 24.3 Å². The van der Waals surface area contributed by atoms with Crippen LogP contribution in [0.2, 0.25) is 0 Å². The van der Waals surface area contributed by atoms with E-state index in [1.54, 1.807) is 24.3 Å². The molecule has 0 spiro atoms. The van der Waals surface area contributed by atoms with Gasteiger partial charge >= 0.3 is 5.97 Å². The first-order chi connectivity index (χ1) is 7.11. The third kappa shape index (κ3) is 1.52. The Bertz CT molecular complexity index is 513. The lowest BCUT2D eigenvalue weighted by Crippen LogP contribution is -2.05. The molecule has 0 saturated heterocycles. The predicted octanol–water partition coefficient (Wildman–Crippen LogP) is 0.876. The van der Waals surface area contributed by atoms with Crippen molar-refractivity contribution in [2.45, 2.75) is 0 Å². The second kappa shape index (κ2) is 3.47. The van der Waals surface area contributed by atoms with E-state index in [1.165, 1.54) is 10.3 Å². The third-order valence-corrected chi connectivity index (χ3v) is 2.77. The number of hydrogen-bond donors (Lipinski definition) is 1. The van der Waals surface area contributed by atoms with Crippen molar-refractivity contribution >= 4 is 27.9 Å². The van der Waals surface area contributed by atoms with Crippen LogP contribution in [-0.2, 0) is 11.0 Å². The standard InChI is InChI=1S/C9H8N2O3S/c1-15(14)11-7-5-3-2-4-6(7)8(10-11)9(12)13/h2-5H,1H3,(H,12,13). The van der Waals surface area contributed by atoms with Gasteiger partial charge < -0.3 is 5.11 Å². The normalized spacial score (nSPS) is 12.9. The molecule has 0 aliphatic heterocycles. The fourth-order valence-electron chi connectivity index (χ4n) is 1.39. The van der Waals surface area contributed by atoms with Crippen molar-refractivity contribution in [3.63, 3.8) is 0 Å². The number of carbonyl (C=O) groups is 1. The number of fused-ring (bicyclic) bond motifs is 1. The van der Waals surface area contributed by atoms with Crippen molar-refractivity contribution < 1.29 is 14.1 Å². The summed E-state index contributed by atoms with van der Waals surface area (Å²) in [4.78, 5) is 10.9. The average molecular weight is 224 g/mol. The summed E-state index contributed by atoms with van der Waals surface area (Å²) in [5, 5.41) is 13.2. The lowest BCUT2D eigenvalue weighted by atomic mass is 10.2. The number of aromatic nitrogens is 2. The van der Waals surface area contributed by atoms with Crippen LogP contribution >= 0.6 is 0 Å². The molecule has 1 N–H and O–H groups in total. The minimum Gasteiger partial charge on any atom is -0.476 e. The van der Waals surface area contributed by atoms with Crippen LogP contribution in [0.5, 0.6) is 0 Å². The summed E-state index contributed by atoms with van der Waals surface area (Å²) >= 11 is 0. The molecule has 1 heterocycles. The van der Waals surface area contributed by atoms with E-state index in [0.29, 0.717) is 10.9 Å². The molecular formula is C9H8N2O3S. The quantitative estimate of drug-likeness (QED) is 0.821. The molecule has 1 aromatic carbocycles. The molecule has 78 valence electrons. The van der Waals surface area contributed by atoms with E-state index >= 15 is 0 Å². The summed E-state index contributed by atoms with van der Waals surface area (Å²) in [6.07, 6.45) is 1.45. The maximum atomic E-state index is 11.3. The van der Waals surface area contributed by atoms with Crippen molar-refractivity contribution in [2.75, 3.05) is 6.26 Å². The molecule has 0 aliphatic rings. The minimum absolute atomic E-state index is 0.0687. The van der Waals surface area contributed by atoms with Gasteiger partial charge in [0.25, 0.3) is 0 Å². The average Bonchev–Trinajstić information content (AvgIpc) is 2.56. The second-order valence-corrected chi connectivity index (χ2v) is 4.16. The summed E-state index contributed by atoms with van der Waals surface area (Å²) in [5.74, 6) is -1.12. The Hall–Kier alpha value is -1.69. The van der Waals surface area contributed by atoms with Gasteiger partial charge in [-0.2, -0.15) is 9.19 Å². The lowest BCUT2D eigenvalue weighted by molar-refractivity contribution is 0.0692. The molecular weight excluding hydrogens is 216 g/mol. The Kier molecular flexibility index (Phi) is 2.28. The molecule has 1 atom stereocenters. The highest BCUT2D eigenvalue weighted by Gasteiger charge is 2.16. The lowest BCUT2D eigenvalue weighted by Gasteiger charge is -1.95. The van der Waals surface area contributed by atoms with Gasteiger partial charge in [0.05, 0.1) is 5.52 Å². The van der Waals surface area contributed by atoms with Gasteiger partial charge in [0.15, 0.2) is 5.69 Å². The van der Waals surface area contributed by atoms with E-state index in [4.69, 9.17) is 5.11 Å². The molecule has 0 aliphatic carbocycles. The Balaban J connectivity index is 2.85. The molecule has 0 radical (unpaired) electrons. The van der Waals surface area contributed by atoms with Gasteiger partial charge in [-0.25, -0.2) is 9.00 Å². The Labute approximate surface area is 87.9 Å². The van der Waals surface area contributed by atoms with Crippen LogP contribution in [0.1, 0.15) is 10.5 Å². The summed E-state index contributed by atoms with van der Waals surface area (Å²) in [6.45, 7) is 0. The predicted molar refractivity (Wildman–Crippen MR) is 56.2 cm³/mol. The van der Waals surface area contributed by atoms with Crippen molar-refractivity contribution in [3.05, 3.63) is 30.0 Å². The third-order valence-electron chi connectivity index (χ3n) is 2.00. The van der Waals surface area contributed by atoms with Crippen LogP contribution in [0, 0.1) is 0 Å². The smallest absolute Gasteiger partial charge is 0.357 e. The number of nitrogens with zero attached hydrogens (tertiary/aromatic N) is 2. The summed E-state index contributed by atoms with van der Waals surface area (Å²) < 4.78 is 12.5. The van der Waals surface area contributed by atoms with E-state index < -0.39 is 17.0 Å². The molecule has 0 bridgehead atoms. The fourth-order valence-corrected chi connectivity index (χ4v) is 2.03. The van der Waals surface area contributed by atoms with Crippen LogP contribution in [-0.4, -0.2) is 30.7 Å².